The first-order valence-electron chi connectivity index (χ1n) is 11.6. The molecule has 0 radical (unpaired) electrons. The van der Waals surface area contributed by atoms with E-state index in [1.54, 1.807) is 0 Å². The Balaban J connectivity index is 2.07. The highest BCUT2D eigenvalue weighted by molar-refractivity contribution is 6.83. The van der Waals surface area contributed by atoms with Gasteiger partial charge in [0, 0.05) is 6.20 Å². The molecule has 3 heterocycles. The number of anilines is 1. The average molecular weight is 486 g/mol. The van der Waals surface area contributed by atoms with E-state index in [1.165, 1.54) is 16.8 Å². The van der Waals surface area contributed by atoms with Crippen LogP contribution in [0.15, 0.2) is 17.1 Å². The lowest BCUT2D eigenvalue weighted by molar-refractivity contribution is -0.0600. The zero-order valence-electron chi connectivity index (χ0n) is 20.4. The molecule has 3 rings (SSSR count). The van der Waals surface area contributed by atoms with Crippen LogP contribution >= 0.6 is 0 Å². The second kappa shape index (κ2) is 9.28. The Bertz CT molecular complexity index is 846. The quantitative estimate of drug-likeness (QED) is 0.611. The van der Waals surface area contributed by atoms with E-state index >= 15 is 0 Å². The number of hydrogen-bond acceptors (Lipinski definition) is 8. The molecular formula is C21H39N3O6Si2. The maximum Gasteiger partial charge on any atom is 0.351 e. The van der Waals surface area contributed by atoms with Gasteiger partial charge in [0.1, 0.15) is 24.1 Å². The van der Waals surface area contributed by atoms with Crippen molar-refractivity contribution in [2.75, 3.05) is 12.3 Å². The first kappa shape index (κ1) is 25.5. The minimum atomic E-state index is -2.89. The first-order chi connectivity index (χ1) is 14.9. The Kier molecular flexibility index (Phi) is 7.40. The van der Waals surface area contributed by atoms with Crippen LogP contribution in [0.3, 0.4) is 0 Å². The number of rotatable bonds is 5. The van der Waals surface area contributed by atoms with Crippen LogP contribution in [0, 0.1) is 0 Å². The zero-order chi connectivity index (χ0) is 24.0. The minimum Gasteiger partial charge on any atom is -0.414 e. The molecule has 11 heteroatoms. The molecule has 0 amide bonds. The summed E-state index contributed by atoms with van der Waals surface area (Å²) in [7, 11) is -5.59. The Morgan fingerprint density at radius 3 is 2.12 bits per heavy atom. The molecule has 3 N–H and O–H groups in total. The highest BCUT2D eigenvalue weighted by Gasteiger charge is 2.61. The molecule has 0 saturated carbocycles. The van der Waals surface area contributed by atoms with E-state index < -0.39 is 47.4 Å². The fourth-order valence-electron chi connectivity index (χ4n) is 4.99. The third kappa shape index (κ3) is 4.24. The SMILES string of the molecule is CC(C)[Si]1(C(C)C)OC[C@H]2O[C@@H](n3ccc(N)nc3=O)[C@@H](O)[C@@H]2O[Si](C(C)C)(C(C)C)O1. The lowest BCUT2D eigenvalue weighted by Crippen LogP contribution is -2.65. The molecule has 2 aliphatic rings. The average Bonchev–Trinajstić information content (AvgIpc) is 2.96. The van der Waals surface area contributed by atoms with Crippen molar-refractivity contribution in [2.45, 2.75) is 102 Å². The molecule has 0 bridgehead atoms. The van der Waals surface area contributed by atoms with Gasteiger partial charge in [-0.3, -0.25) is 4.57 Å². The van der Waals surface area contributed by atoms with Crippen molar-refractivity contribution in [3.05, 3.63) is 22.7 Å². The number of hydrogen-bond donors (Lipinski definition) is 2. The number of aliphatic hydroxyl groups is 1. The summed E-state index contributed by atoms with van der Waals surface area (Å²) in [5.74, 6) is 0.119. The Morgan fingerprint density at radius 1 is 1.06 bits per heavy atom. The maximum atomic E-state index is 12.4. The Labute approximate surface area is 192 Å². The molecule has 0 aromatic carbocycles. The number of nitrogens with zero attached hydrogens (tertiary/aromatic N) is 2. The third-order valence-electron chi connectivity index (χ3n) is 6.77. The topological polar surface area (TPSA) is 118 Å². The number of ether oxygens (including phenoxy) is 1. The molecule has 2 saturated heterocycles. The van der Waals surface area contributed by atoms with Crippen LogP contribution in [0.2, 0.25) is 22.2 Å². The van der Waals surface area contributed by atoms with Gasteiger partial charge in [0.25, 0.3) is 0 Å². The Hall–Kier alpha value is -1.09. The van der Waals surface area contributed by atoms with Gasteiger partial charge in [0.05, 0.1) is 6.61 Å². The number of fused-ring (bicyclic) bond motifs is 1. The number of aliphatic hydroxyl groups excluding tert-OH is 1. The second-order valence-corrected chi connectivity index (χ2v) is 19.0. The van der Waals surface area contributed by atoms with Gasteiger partial charge in [-0.25, -0.2) is 4.79 Å². The van der Waals surface area contributed by atoms with Gasteiger partial charge >= 0.3 is 22.8 Å². The third-order valence-corrected chi connectivity index (χ3v) is 17.0. The molecule has 0 unspecified atom stereocenters. The molecule has 4 atom stereocenters. The van der Waals surface area contributed by atoms with Crippen LogP contribution in [0.1, 0.15) is 61.6 Å². The summed E-state index contributed by atoms with van der Waals surface area (Å²) < 4.78 is 28.1. The van der Waals surface area contributed by atoms with E-state index in [1.807, 2.05) is 0 Å². The molecule has 2 fully saturated rings. The molecule has 1 aromatic heterocycles. The van der Waals surface area contributed by atoms with Crippen LogP contribution in [0.25, 0.3) is 0 Å². The van der Waals surface area contributed by atoms with E-state index in [9.17, 15) is 9.90 Å². The van der Waals surface area contributed by atoms with Crippen molar-refractivity contribution in [3.8, 4) is 0 Å². The van der Waals surface area contributed by atoms with Crippen molar-refractivity contribution >= 4 is 22.9 Å². The predicted octanol–water partition coefficient (Wildman–Crippen LogP) is 3.04. The van der Waals surface area contributed by atoms with E-state index in [-0.39, 0.29) is 34.6 Å². The zero-order valence-corrected chi connectivity index (χ0v) is 22.4. The fraction of sp³-hybridized carbons (Fsp3) is 0.810. The van der Waals surface area contributed by atoms with Gasteiger partial charge in [0.2, 0.25) is 0 Å². The first-order valence-corrected chi connectivity index (χ1v) is 15.5. The maximum absolute atomic E-state index is 12.4. The molecule has 32 heavy (non-hydrogen) atoms. The van der Waals surface area contributed by atoms with Crippen LogP contribution in [0.4, 0.5) is 5.82 Å². The van der Waals surface area contributed by atoms with Crippen LogP contribution < -0.4 is 11.4 Å². The molecule has 1 aromatic rings. The van der Waals surface area contributed by atoms with E-state index in [2.05, 4.69) is 60.4 Å². The van der Waals surface area contributed by atoms with Crippen molar-refractivity contribution in [1.82, 2.24) is 9.55 Å². The van der Waals surface area contributed by atoms with Gasteiger partial charge in [-0.15, -0.1) is 0 Å². The van der Waals surface area contributed by atoms with Crippen molar-refractivity contribution in [3.63, 3.8) is 0 Å². The number of aromatic nitrogens is 2. The van der Waals surface area contributed by atoms with Crippen LogP contribution in [-0.2, 0) is 17.7 Å². The van der Waals surface area contributed by atoms with Crippen LogP contribution in [0.5, 0.6) is 0 Å². The minimum absolute atomic E-state index is 0.119. The monoisotopic (exact) mass is 485 g/mol. The normalized spacial score (nSPS) is 30.0. The summed E-state index contributed by atoms with van der Waals surface area (Å²) in [6.07, 6.45) is -1.73. The highest BCUT2D eigenvalue weighted by Crippen LogP contribution is 2.48. The Morgan fingerprint density at radius 2 is 1.62 bits per heavy atom. The summed E-state index contributed by atoms with van der Waals surface area (Å²) in [6.45, 7) is 17.3. The van der Waals surface area contributed by atoms with Crippen LogP contribution in [-0.4, -0.2) is 56.7 Å². The molecule has 0 aliphatic carbocycles. The lowest BCUT2D eigenvalue weighted by atomic mass is 10.1. The molecule has 9 nitrogen and oxygen atoms in total. The molecule has 182 valence electrons. The largest absolute Gasteiger partial charge is 0.414 e. The van der Waals surface area contributed by atoms with Gasteiger partial charge in [0.15, 0.2) is 6.23 Å². The second-order valence-electron chi connectivity index (χ2n) is 10.2. The van der Waals surface area contributed by atoms with E-state index in [0.717, 1.165) is 0 Å². The lowest BCUT2D eigenvalue weighted by Gasteiger charge is -2.51. The smallest absolute Gasteiger partial charge is 0.351 e. The summed E-state index contributed by atoms with van der Waals surface area (Å²) in [6, 6.07) is 1.51. The summed E-state index contributed by atoms with van der Waals surface area (Å²) in [5, 5.41) is 11.2. The van der Waals surface area contributed by atoms with Gasteiger partial charge < -0.3 is 28.5 Å². The van der Waals surface area contributed by atoms with Gasteiger partial charge in [-0.2, -0.15) is 4.98 Å². The number of nitrogen functional groups attached to an aromatic ring is 1. The summed E-state index contributed by atoms with van der Waals surface area (Å²) in [5.41, 5.74) is 5.72. The van der Waals surface area contributed by atoms with Gasteiger partial charge in [-0.05, 0) is 28.2 Å². The van der Waals surface area contributed by atoms with Crippen molar-refractivity contribution in [1.29, 1.82) is 0 Å². The van der Waals surface area contributed by atoms with Crippen molar-refractivity contribution < 1.29 is 22.8 Å². The van der Waals surface area contributed by atoms with Gasteiger partial charge in [-0.1, -0.05) is 55.4 Å². The highest BCUT2D eigenvalue weighted by atomic mass is 28.5. The van der Waals surface area contributed by atoms with E-state index in [4.69, 9.17) is 23.4 Å². The summed E-state index contributed by atoms with van der Waals surface area (Å²) >= 11 is 0. The molecule has 2 aliphatic heterocycles. The molecular weight excluding hydrogens is 446 g/mol. The fourth-order valence-corrected chi connectivity index (χ4v) is 16.2. The summed E-state index contributed by atoms with van der Waals surface area (Å²) in [4.78, 5) is 16.2. The standard InChI is InChI=1S/C21H39N3O6Si2/c1-12(2)31(13(3)4)27-11-16-19(29-32(30-31,14(5)6)15(7)8)18(25)20(28-16)24-10-9-17(22)23-21(24)26/h9-10,12-16,18-20,25H,11H2,1-8H3,(H2,22,23,26)/t16-,18+,19-,20-/m1/s1. The number of nitrogens with two attached hydrogens (primary N) is 1. The van der Waals surface area contributed by atoms with Crippen molar-refractivity contribution in [2.24, 2.45) is 0 Å². The molecule has 0 spiro atoms. The van der Waals surface area contributed by atoms with E-state index in [0.29, 0.717) is 0 Å². The predicted molar refractivity (Wildman–Crippen MR) is 127 cm³/mol.